The smallest absolute Gasteiger partial charge is 0.0727 e. The zero-order chi connectivity index (χ0) is 14.1. The average Bonchev–Trinajstić information content (AvgIpc) is 2.69. The van der Waals surface area contributed by atoms with Gasteiger partial charge in [0.25, 0.3) is 0 Å². The standard InChI is InChI=1S/C16H29NOS/c1-5-6-7-8-18-12-15-9-16(19-14(15)4)11-17-10-13(2)3/h9,13,17H,5-8,10-12H2,1-4H3. The molecule has 0 amide bonds. The number of thiophene rings is 1. The van der Waals surface area contributed by atoms with Crippen molar-refractivity contribution < 1.29 is 4.74 Å². The molecule has 0 saturated carbocycles. The van der Waals surface area contributed by atoms with Crippen LogP contribution in [0.1, 0.15) is 55.4 Å². The third kappa shape index (κ3) is 7.09. The Labute approximate surface area is 122 Å². The van der Waals surface area contributed by atoms with Crippen LogP contribution in [0.2, 0.25) is 0 Å². The van der Waals surface area contributed by atoms with Crippen LogP contribution < -0.4 is 5.32 Å². The zero-order valence-corrected chi connectivity index (χ0v) is 13.7. The lowest BCUT2D eigenvalue weighted by molar-refractivity contribution is 0.117. The van der Waals surface area contributed by atoms with E-state index in [1.165, 1.54) is 34.6 Å². The summed E-state index contributed by atoms with van der Waals surface area (Å²) >= 11 is 1.89. The molecule has 0 saturated heterocycles. The zero-order valence-electron chi connectivity index (χ0n) is 12.9. The summed E-state index contributed by atoms with van der Waals surface area (Å²) in [6.45, 7) is 12.6. The summed E-state index contributed by atoms with van der Waals surface area (Å²) in [6.07, 6.45) is 3.71. The first-order valence-electron chi connectivity index (χ1n) is 7.50. The molecule has 19 heavy (non-hydrogen) atoms. The summed E-state index contributed by atoms with van der Waals surface area (Å²) < 4.78 is 5.74. The van der Waals surface area contributed by atoms with Gasteiger partial charge in [-0.25, -0.2) is 0 Å². The van der Waals surface area contributed by atoms with E-state index in [0.717, 1.165) is 26.3 Å². The van der Waals surface area contributed by atoms with Gasteiger partial charge in [0.1, 0.15) is 0 Å². The number of hydrogen-bond acceptors (Lipinski definition) is 3. The molecule has 0 atom stereocenters. The quantitative estimate of drug-likeness (QED) is 0.638. The van der Waals surface area contributed by atoms with Gasteiger partial charge in [-0.3, -0.25) is 0 Å². The Balaban J connectivity index is 2.28. The van der Waals surface area contributed by atoms with Gasteiger partial charge < -0.3 is 10.1 Å². The fourth-order valence-electron chi connectivity index (χ4n) is 1.94. The van der Waals surface area contributed by atoms with Crippen molar-refractivity contribution in [3.8, 4) is 0 Å². The van der Waals surface area contributed by atoms with E-state index in [-0.39, 0.29) is 0 Å². The number of unbranched alkanes of at least 4 members (excludes halogenated alkanes) is 2. The number of rotatable bonds is 10. The van der Waals surface area contributed by atoms with Gasteiger partial charge in [-0.15, -0.1) is 11.3 Å². The van der Waals surface area contributed by atoms with Crippen LogP contribution in [0.5, 0.6) is 0 Å². The summed E-state index contributed by atoms with van der Waals surface area (Å²) in [5, 5.41) is 3.50. The topological polar surface area (TPSA) is 21.3 Å². The minimum atomic E-state index is 0.711. The molecule has 0 spiro atoms. The third-order valence-corrected chi connectivity index (χ3v) is 4.17. The summed E-state index contributed by atoms with van der Waals surface area (Å²) in [4.78, 5) is 2.82. The molecule has 1 N–H and O–H groups in total. The lowest BCUT2D eigenvalue weighted by Gasteiger charge is -2.05. The first-order chi connectivity index (χ1) is 9.13. The molecule has 2 nitrogen and oxygen atoms in total. The summed E-state index contributed by atoms with van der Waals surface area (Å²) in [5.74, 6) is 0.711. The van der Waals surface area contributed by atoms with Crippen molar-refractivity contribution in [2.45, 2.75) is 60.1 Å². The Morgan fingerprint density at radius 2 is 2.11 bits per heavy atom. The maximum absolute atomic E-state index is 5.74. The highest BCUT2D eigenvalue weighted by Crippen LogP contribution is 2.22. The van der Waals surface area contributed by atoms with Crippen LogP contribution in [-0.2, 0) is 17.9 Å². The maximum Gasteiger partial charge on any atom is 0.0727 e. The van der Waals surface area contributed by atoms with Crippen molar-refractivity contribution in [1.29, 1.82) is 0 Å². The minimum Gasteiger partial charge on any atom is -0.377 e. The molecule has 0 aliphatic carbocycles. The van der Waals surface area contributed by atoms with Crippen molar-refractivity contribution in [3.63, 3.8) is 0 Å². The highest BCUT2D eigenvalue weighted by Gasteiger charge is 2.05. The number of hydrogen-bond donors (Lipinski definition) is 1. The molecule has 0 fully saturated rings. The molecule has 0 bridgehead atoms. The minimum absolute atomic E-state index is 0.711. The van der Waals surface area contributed by atoms with Crippen molar-refractivity contribution in [1.82, 2.24) is 5.32 Å². The Kier molecular flexibility index (Phi) is 8.35. The molecule has 110 valence electrons. The molecule has 1 aromatic heterocycles. The number of aryl methyl sites for hydroxylation is 1. The van der Waals surface area contributed by atoms with Gasteiger partial charge in [-0.05, 0) is 37.4 Å². The highest BCUT2D eigenvalue weighted by atomic mass is 32.1. The Bertz CT molecular complexity index is 347. The monoisotopic (exact) mass is 283 g/mol. The van der Waals surface area contributed by atoms with Crippen LogP contribution in [0, 0.1) is 12.8 Å². The normalized spacial score (nSPS) is 11.4. The van der Waals surface area contributed by atoms with Crippen LogP contribution in [0.15, 0.2) is 6.07 Å². The van der Waals surface area contributed by atoms with Crippen LogP contribution in [0.4, 0.5) is 0 Å². The Hall–Kier alpha value is -0.380. The Morgan fingerprint density at radius 3 is 2.79 bits per heavy atom. The SMILES string of the molecule is CCCCCOCc1cc(CNCC(C)C)sc1C. The molecule has 1 aromatic rings. The second kappa shape index (κ2) is 9.51. The van der Waals surface area contributed by atoms with E-state index in [2.05, 4.69) is 39.1 Å². The van der Waals surface area contributed by atoms with Crippen LogP contribution in [0.25, 0.3) is 0 Å². The predicted octanol–water partition coefficient (Wildman–Crippen LogP) is 4.51. The maximum atomic E-state index is 5.74. The van der Waals surface area contributed by atoms with E-state index >= 15 is 0 Å². The summed E-state index contributed by atoms with van der Waals surface area (Å²) in [6, 6.07) is 2.30. The molecular weight excluding hydrogens is 254 g/mol. The van der Waals surface area contributed by atoms with Crippen LogP contribution in [-0.4, -0.2) is 13.2 Å². The van der Waals surface area contributed by atoms with Gasteiger partial charge in [0.2, 0.25) is 0 Å². The third-order valence-electron chi connectivity index (χ3n) is 3.07. The van der Waals surface area contributed by atoms with Crippen molar-refractivity contribution in [3.05, 3.63) is 21.4 Å². The van der Waals surface area contributed by atoms with Gasteiger partial charge in [0.05, 0.1) is 6.61 Å². The van der Waals surface area contributed by atoms with E-state index in [4.69, 9.17) is 4.74 Å². The van der Waals surface area contributed by atoms with Gasteiger partial charge in [-0.2, -0.15) is 0 Å². The summed E-state index contributed by atoms with van der Waals surface area (Å²) in [5.41, 5.74) is 1.36. The molecule has 3 heteroatoms. The number of ether oxygens (including phenoxy) is 1. The lowest BCUT2D eigenvalue weighted by atomic mass is 10.2. The van der Waals surface area contributed by atoms with E-state index in [1.54, 1.807) is 0 Å². The van der Waals surface area contributed by atoms with Crippen molar-refractivity contribution in [2.75, 3.05) is 13.2 Å². The average molecular weight is 283 g/mol. The molecule has 0 aliphatic heterocycles. The van der Waals surface area contributed by atoms with Gasteiger partial charge in [-0.1, -0.05) is 33.6 Å². The van der Waals surface area contributed by atoms with E-state index in [9.17, 15) is 0 Å². The number of nitrogens with one attached hydrogen (secondary N) is 1. The predicted molar refractivity (Wildman–Crippen MR) is 84.8 cm³/mol. The molecule has 0 radical (unpaired) electrons. The summed E-state index contributed by atoms with van der Waals surface area (Å²) in [7, 11) is 0. The molecule has 0 unspecified atom stereocenters. The molecule has 0 aliphatic rings. The molecular formula is C16H29NOS. The van der Waals surface area contributed by atoms with Gasteiger partial charge in [0, 0.05) is 22.9 Å². The molecule has 0 aromatic carbocycles. The van der Waals surface area contributed by atoms with E-state index in [0.29, 0.717) is 5.92 Å². The second-order valence-electron chi connectivity index (χ2n) is 5.58. The van der Waals surface area contributed by atoms with Crippen LogP contribution >= 0.6 is 11.3 Å². The van der Waals surface area contributed by atoms with Gasteiger partial charge >= 0.3 is 0 Å². The largest absolute Gasteiger partial charge is 0.377 e. The van der Waals surface area contributed by atoms with E-state index < -0.39 is 0 Å². The first-order valence-corrected chi connectivity index (χ1v) is 8.31. The molecule has 1 rings (SSSR count). The fourth-order valence-corrected chi connectivity index (χ4v) is 2.96. The lowest BCUT2D eigenvalue weighted by Crippen LogP contribution is -2.18. The Morgan fingerprint density at radius 1 is 1.32 bits per heavy atom. The van der Waals surface area contributed by atoms with E-state index in [1.807, 2.05) is 11.3 Å². The van der Waals surface area contributed by atoms with Crippen molar-refractivity contribution in [2.24, 2.45) is 5.92 Å². The van der Waals surface area contributed by atoms with Crippen molar-refractivity contribution >= 4 is 11.3 Å². The first kappa shape index (κ1) is 16.7. The van der Waals surface area contributed by atoms with Gasteiger partial charge in [0.15, 0.2) is 0 Å². The fraction of sp³-hybridized carbons (Fsp3) is 0.750. The molecule has 1 heterocycles. The second-order valence-corrected chi connectivity index (χ2v) is 6.92. The highest BCUT2D eigenvalue weighted by molar-refractivity contribution is 7.12. The van der Waals surface area contributed by atoms with Crippen LogP contribution in [0.3, 0.4) is 0 Å².